The number of oxazole rings is 1. The summed E-state index contributed by atoms with van der Waals surface area (Å²) in [4.78, 5) is 3.68. The Labute approximate surface area is 79.4 Å². The Balaban J connectivity index is 2.58. The summed E-state index contributed by atoms with van der Waals surface area (Å²) in [6.07, 6.45) is 2.62. The van der Waals surface area contributed by atoms with E-state index in [9.17, 15) is 4.39 Å². The smallest absolute Gasteiger partial charge is 0.181 e. The maximum Gasteiger partial charge on any atom is 0.181 e. The van der Waals surface area contributed by atoms with E-state index in [-0.39, 0.29) is 5.56 Å². The average Bonchev–Trinajstić information content (AvgIpc) is 2.71. The summed E-state index contributed by atoms with van der Waals surface area (Å²) < 4.78 is 18.2. The van der Waals surface area contributed by atoms with Gasteiger partial charge in [0.15, 0.2) is 12.2 Å². The monoisotopic (exact) mass is 188 g/mol. The maximum atomic E-state index is 13.3. The molecule has 0 fully saturated rings. The third kappa shape index (κ3) is 1.36. The molecule has 0 aliphatic heterocycles. The van der Waals surface area contributed by atoms with Crippen molar-refractivity contribution >= 4 is 0 Å². The van der Waals surface area contributed by atoms with E-state index in [1.54, 1.807) is 0 Å². The van der Waals surface area contributed by atoms with Crippen molar-refractivity contribution < 1.29 is 8.81 Å². The van der Waals surface area contributed by atoms with E-state index in [2.05, 4.69) is 4.98 Å². The molecule has 2 aromatic rings. The first-order valence-electron chi connectivity index (χ1n) is 3.90. The van der Waals surface area contributed by atoms with Crippen LogP contribution in [0, 0.1) is 17.1 Å². The van der Waals surface area contributed by atoms with Gasteiger partial charge in [0.05, 0.1) is 23.4 Å². The van der Waals surface area contributed by atoms with Crippen LogP contribution in [0.25, 0.3) is 11.3 Å². The Kier molecular flexibility index (Phi) is 1.99. The fourth-order valence-electron chi connectivity index (χ4n) is 1.13. The average molecular weight is 188 g/mol. The zero-order valence-electron chi connectivity index (χ0n) is 7.07. The van der Waals surface area contributed by atoms with Gasteiger partial charge in [0.1, 0.15) is 5.82 Å². The van der Waals surface area contributed by atoms with Gasteiger partial charge in [-0.1, -0.05) is 0 Å². The van der Waals surface area contributed by atoms with E-state index in [0.29, 0.717) is 11.3 Å². The van der Waals surface area contributed by atoms with Crippen molar-refractivity contribution in [2.45, 2.75) is 0 Å². The van der Waals surface area contributed by atoms with Crippen LogP contribution in [0.3, 0.4) is 0 Å². The molecule has 1 aromatic heterocycles. The SMILES string of the molecule is N#Cc1ccc(F)c(-c2cnco2)c1. The van der Waals surface area contributed by atoms with E-state index < -0.39 is 5.82 Å². The van der Waals surface area contributed by atoms with Gasteiger partial charge in [-0.2, -0.15) is 5.26 Å². The van der Waals surface area contributed by atoms with Gasteiger partial charge < -0.3 is 4.42 Å². The van der Waals surface area contributed by atoms with Crippen LogP contribution in [0.4, 0.5) is 4.39 Å². The third-order valence-corrected chi connectivity index (χ3v) is 1.79. The normalized spacial score (nSPS) is 9.71. The van der Waals surface area contributed by atoms with Crippen LogP contribution in [-0.2, 0) is 0 Å². The molecule has 1 heterocycles. The van der Waals surface area contributed by atoms with Crippen molar-refractivity contribution in [1.29, 1.82) is 5.26 Å². The number of nitrogens with zero attached hydrogens (tertiary/aromatic N) is 2. The molecule has 0 aliphatic rings. The largest absolute Gasteiger partial charge is 0.443 e. The second-order valence-corrected chi connectivity index (χ2v) is 2.67. The fraction of sp³-hybridized carbons (Fsp3) is 0. The van der Waals surface area contributed by atoms with Gasteiger partial charge in [-0.3, -0.25) is 0 Å². The molecule has 0 saturated heterocycles. The zero-order chi connectivity index (χ0) is 9.97. The lowest BCUT2D eigenvalue weighted by Gasteiger charge is -1.98. The van der Waals surface area contributed by atoms with Crippen LogP contribution < -0.4 is 0 Å². The first-order valence-corrected chi connectivity index (χ1v) is 3.90. The molecule has 0 N–H and O–H groups in total. The van der Waals surface area contributed by atoms with E-state index in [1.807, 2.05) is 6.07 Å². The summed E-state index contributed by atoms with van der Waals surface area (Å²) in [6.45, 7) is 0. The Morgan fingerprint density at radius 1 is 1.43 bits per heavy atom. The van der Waals surface area contributed by atoms with Gasteiger partial charge in [-0.15, -0.1) is 0 Å². The van der Waals surface area contributed by atoms with Crippen LogP contribution in [-0.4, -0.2) is 4.98 Å². The lowest BCUT2D eigenvalue weighted by molar-refractivity contribution is 0.561. The quantitative estimate of drug-likeness (QED) is 0.690. The second-order valence-electron chi connectivity index (χ2n) is 2.67. The summed E-state index contributed by atoms with van der Waals surface area (Å²) in [5.74, 6) is -0.111. The highest BCUT2D eigenvalue weighted by Gasteiger charge is 2.08. The molecule has 0 saturated carbocycles. The first-order chi connectivity index (χ1) is 6.81. The van der Waals surface area contributed by atoms with Crippen molar-refractivity contribution in [2.75, 3.05) is 0 Å². The summed E-state index contributed by atoms with van der Waals surface area (Å²) in [7, 11) is 0. The maximum absolute atomic E-state index is 13.3. The molecule has 0 spiro atoms. The molecule has 0 aliphatic carbocycles. The van der Waals surface area contributed by atoms with Gasteiger partial charge in [0.25, 0.3) is 0 Å². The van der Waals surface area contributed by atoms with E-state index in [0.717, 1.165) is 0 Å². The van der Waals surface area contributed by atoms with Crippen molar-refractivity contribution in [3.63, 3.8) is 0 Å². The summed E-state index contributed by atoms with van der Waals surface area (Å²) >= 11 is 0. The number of hydrogen-bond donors (Lipinski definition) is 0. The number of benzene rings is 1. The molecule has 1 aromatic carbocycles. The Morgan fingerprint density at radius 2 is 2.29 bits per heavy atom. The summed E-state index contributed by atoms with van der Waals surface area (Å²) in [5, 5.41) is 8.63. The Morgan fingerprint density at radius 3 is 2.93 bits per heavy atom. The minimum Gasteiger partial charge on any atom is -0.443 e. The molecule has 0 amide bonds. The lowest BCUT2D eigenvalue weighted by atomic mass is 10.1. The molecule has 0 bridgehead atoms. The van der Waals surface area contributed by atoms with E-state index in [4.69, 9.17) is 9.68 Å². The molecule has 68 valence electrons. The number of nitriles is 1. The van der Waals surface area contributed by atoms with Crippen molar-refractivity contribution in [1.82, 2.24) is 4.98 Å². The highest BCUT2D eigenvalue weighted by atomic mass is 19.1. The molecular weight excluding hydrogens is 183 g/mol. The summed E-state index contributed by atoms with van der Waals surface area (Å²) in [6, 6.07) is 6.00. The molecule has 0 unspecified atom stereocenters. The predicted octanol–water partition coefficient (Wildman–Crippen LogP) is 2.35. The number of halogens is 1. The predicted molar refractivity (Wildman–Crippen MR) is 46.6 cm³/mol. The molecule has 2 rings (SSSR count). The molecule has 3 nitrogen and oxygen atoms in total. The van der Waals surface area contributed by atoms with Crippen molar-refractivity contribution in [3.05, 3.63) is 42.2 Å². The van der Waals surface area contributed by atoms with Gasteiger partial charge in [0, 0.05) is 0 Å². The number of aromatic nitrogens is 1. The topological polar surface area (TPSA) is 49.8 Å². The van der Waals surface area contributed by atoms with Crippen LogP contribution in [0.2, 0.25) is 0 Å². The molecule has 4 heteroatoms. The molecule has 14 heavy (non-hydrogen) atoms. The molecule has 0 atom stereocenters. The minimum absolute atomic E-state index is 0.251. The number of rotatable bonds is 1. The van der Waals surface area contributed by atoms with Gasteiger partial charge in [0.2, 0.25) is 0 Å². The molecular formula is C10H5FN2O. The highest BCUT2D eigenvalue weighted by molar-refractivity contribution is 5.59. The van der Waals surface area contributed by atoms with E-state index >= 15 is 0 Å². The van der Waals surface area contributed by atoms with Crippen LogP contribution in [0.5, 0.6) is 0 Å². The lowest BCUT2D eigenvalue weighted by Crippen LogP contribution is -1.84. The second kappa shape index (κ2) is 3.30. The Bertz CT molecular complexity index is 485. The molecule has 0 radical (unpaired) electrons. The fourth-order valence-corrected chi connectivity index (χ4v) is 1.13. The minimum atomic E-state index is -0.430. The summed E-state index contributed by atoms with van der Waals surface area (Å²) in [5.41, 5.74) is 0.638. The van der Waals surface area contributed by atoms with Gasteiger partial charge in [-0.25, -0.2) is 9.37 Å². The van der Waals surface area contributed by atoms with Crippen LogP contribution in [0.15, 0.2) is 35.2 Å². The first kappa shape index (κ1) is 8.45. The standard InChI is InChI=1S/C10H5FN2O/c11-9-2-1-7(4-12)3-8(9)10-5-13-6-14-10/h1-3,5-6H. The third-order valence-electron chi connectivity index (χ3n) is 1.79. The zero-order valence-corrected chi connectivity index (χ0v) is 7.07. The Hall–Kier alpha value is -2.15. The van der Waals surface area contributed by atoms with Crippen molar-refractivity contribution in [2.24, 2.45) is 0 Å². The highest BCUT2D eigenvalue weighted by Crippen LogP contribution is 2.22. The van der Waals surface area contributed by atoms with E-state index in [1.165, 1.54) is 30.8 Å². The van der Waals surface area contributed by atoms with Gasteiger partial charge >= 0.3 is 0 Å². The van der Waals surface area contributed by atoms with Crippen LogP contribution >= 0.6 is 0 Å². The van der Waals surface area contributed by atoms with Crippen molar-refractivity contribution in [3.8, 4) is 17.4 Å². The number of hydrogen-bond acceptors (Lipinski definition) is 3. The van der Waals surface area contributed by atoms with Gasteiger partial charge in [-0.05, 0) is 18.2 Å². The van der Waals surface area contributed by atoms with Crippen LogP contribution in [0.1, 0.15) is 5.56 Å².